The summed E-state index contributed by atoms with van der Waals surface area (Å²) in [4.78, 5) is 0.850. The van der Waals surface area contributed by atoms with Crippen molar-refractivity contribution in [2.45, 2.75) is 30.7 Å². The highest BCUT2D eigenvalue weighted by atomic mass is 32.2. The molecule has 98 valence electrons. The Morgan fingerprint density at radius 3 is 2.76 bits per heavy atom. The zero-order valence-electron chi connectivity index (χ0n) is 9.97. The van der Waals surface area contributed by atoms with Crippen molar-refractivity contribution >= 4 is 21.4 Å². The molecule has 0 spiro atoms. The lowest BCUT2D eigenvalue weighted by Gasteiger charge is -2.12. The summed E-state index contributed by atoms with van der Waals surface area (Å²) in [5, 5.41) is 0. The summed E-state index contributed by atoms with van der Waals surface area (Å²) < 4.78 is 31.8. The minimum atomic E-state index is -3.43. The Kier molecular flexibility index (Phi) is 5.54. The van der Waals surface area contributed by atoms with Gasteiger partial charge in [0.15, 0.2) is 0 Å². The van der Waals surface area contributed by atoms with Gasteiger partial charge in [-0.3, -0.25) is 0 Å². The Morgan fingerprint density at radius 2 is 2.24 bits per heavy atom. The van der Waals surface area contributed by atoms with Gasteiger partial charge in [0.2, 0.25) is 10.0 Å². The van der Waals surface area contributed by atoms with E-state index in [2.05, 4.69) is 4.72 Å². The Bertz CT molecular complexity index is 442. The minimum absolute atomic E-state index is 0.135. The molecule has 1 aromatic rings. The lowest BCUT2D eigenvalue weighted by molar-refractivity contribution is 0.0800. The second-order valence-electron chi connectivity index (χ2n) is 3.54. The molecule has 1 rings (SSSR count). The van der Waals surface area contributed by atoms with Crippen LogP contribution in [0.2, 0.25) is 0 Å². The number of thiophene rings is 1. The summed E-state index contributed by atoms with van der Waals surface area (Å²) in [6, 6.07) is 3.30. The molecule has 0 aliphatic rings. The first kappa shape index (κ1) is 14.6. The minimum Gasteiger partial charge on any atom is -0.377 e. The van der Waals surface area contributed by atoms with Gasteiger partial charge in [0.1, 0.15) is 4.21 Å². The van der Waals surface area contributed by atoms with Crippen LogP contribution < -0.4 is 10.5 Å². The number of ether oxygens (including phenoxy) is 1. The maximum absolute atomic E-state index is 11.9. The third-order valence-corrected chi connectivity index (χ3v) is 5.14. The number of sulfonamides is 1. The lowest BCUT2D eigenvalue weighted by atomic mass is 10.4. The molecule has 0 fully saturated rings. The van der Waals surface area contributed by atoms with Gasteiger partial charge >= 0.3 is 0 Å². The monoisotopic (exact) mass is 278 g/mol. The summed E-state index contributed by atoms with van der Waals surface area (Å²) in [5.41, 5.74) is 5.44. The molecule has 1 unspecified atom stereocenters. The van der Waals surface area contributed by atoms with Crippen LogP contribution in [0.15, 0.2) is 16.3 Å². The molecule has 3 N–H and O–H groups in total. The van der Waals surface area contributed by atoms with Gasteiger partial charge in [-0.1, -0.05) is 0 Å². The topological polar surface area (TPSA) is 81.4 Å². The molecule has 0 aromatic carbocycles. The van der Waals surface area contributed by atoms with Crippen LogP contribution in [0, 0.1) is 0 Å². The largest absolute Gasteiger partial charge is 0.377 e. The summed E-state index contributed by atoms with van der Waals surface area (Å²) in [6.07, 6.45) is -0.135. The van der Waals surface area contributed by atoms with E-state index >= 15 is 0 Å². The Labute approximate surface area is 106 Å². The molecule has 1 heterocycles. The second kappa shape index (κ2) is 6.46. The second-order valence-corrected chi connectivity index (χ2v) is 6.70. The van der Waals surface area contributed by atoms with E-state index < -0.39 is 10.0 Å². The van der Waals surface area contributed by atoms with E-state index in [0.717, 1.165) is 4.88 Å². The highest BCUT2D eigenvalue weighted by Crippen LogP contribution is 2.20. The van der Waals surface area contributed by atoms with Crippen LogP contribution in [0.25, 0.3) is 0 Å². The molecule has 0 saturated carbocycles. The van der Waals surface area contributed by atoms with E-state index in [9.17, 15) is 8.42 Å². The van der Waals surface area contributed by atoms with Gasteiger partial charge in [-0.25, -0.2) is 13.1 Å². The molecule has 0 saturated heterocycles. The average Bonchev–Trinajstić information content (AvgIpc) is 2.76. The molecule has 0 amide bonds. The number of hydrogen-bond acceptors (Lipinski definition) is 5. The van der Waals surface area contributed by atoms with Gasteiger partial charge in [0.05, 0.1) is 6.10 Å². The fourth-order valence-corrected chi connectivity index (χ4v) is 3.65. The highest BCUT2D eigenvalue weighted by molar-refractivity contribution is 7.91. The summed E-state index contributed by atoms with van der Waals surface area (Å²) in [5.74, 6) is 0. The van der Waals surface area contributed by atoms with Crippen LogP contribution in [0.4, 0.5) is 0 Å². The molecule has 5 nitrogen and oxygen atoms in total. The molecule has 0 aliphatic carbocycles. The zero-order valence-corrected chi connectivity index (χ0v) is 11.6. The SMILES string of the molecule is CCOC(C)CNS(=O)(=O)c1ccc(CN)s1. The first-order valence-corrected chi connectivity index (χ1v) is 7.69. The van der Waals surface area contributed by atoms with Crippen LogP contribution in [-0.4, -0.2) is 27.7 Å². The van der Waals surface area contributed by atoms with Gasteiger partial charge in [-0.15, -0.1) is 11.3 Å². The molecule has 0 bridgehead atoms. The Hall–Kier alpha value is -0.470. The van der Waals surface area contributed by atoms with E-state index in [1.807, 2.05) is 13.8 Å². The van der Waals surface area contributed by atoms with Crippen LogP contribution in [0.3, 0.4) is 0 Å². The molecular formula is C10H18N2O3S2. The van der Waals surface area contributed by atoms with Crippen molar-refractivity contribution in [3.8, 4) is 0 Å². The van der Waals surface area contributed by atoms with Crippen molar-refractivity contribution in [2.24, 2.45) is 5.73 Å². The number of hydrogen-bond donors (Lipinski definition) is 2. The molecule has 1 atom stereocenters. The number of nitrogens with two attached hydrogens (primary N) is 1. The van der Waals surface area contributed by atoms with E-state index in [4.69, 9.17) is 10.5 Å². The van der Waals surface area contributed by atoms with Crippen LogP contribution in [-0.2, 0) is 21.3 Å². The Morgan fingerprint density at radius 1 is 1.53 bits per heavy atom. The third kappa shape index (κ3) is 4.36. The van der Waals surface area contributed by atoms with Crippen LogP contribution in [0.1, 0.15) is 18.7 Å². The maximum atomic E-state index is 11.9. The van der Waals surface area contributed by atoms with Gasteiger partial charge < -0.3 is 10.5 Å². The Balaban J connectivity index is 2.62. The summed E-state index contributed by atoms with van der Waals surface area (Å²) in [6.45, 7) is 4.89. The van der Waals surface area contributed by atoms with Gasteiger partial charge in [-0.05, 0) is 26.0 Å². The number of nitrogens with one attached hydrogen (secondary N) is 1. The summed E-state index contributed by atoms with van der Waals surface area (Å²) >= 11 is 1.19. The van der Waals surface area contributed by atoms with Crippen molar-refractivity contribution in [3.05, 3.63) is 17.0 Å². The van der Waals surface area contributed by atoms with E-state index in [0.29, 0.717) is 17.4 Å². The molecule has 17 heavy (non-hydrogen) atoms. The van der Waals surface area contributed by atoms with Gasteiger partial charge in [-0.2, -0.15) is 0 Å². The summed E-state index contributed by atoms with van der Waals surface area (Å²) in [7, 11) is -3.43. The zero-order chi connectivity index (χ0) is 12.9. The predicted molar refractivity (Wildman–Crippen MR) is 68.5 cm³/mol. The molecule has 0 aliphatic heterocycles. The molecule has 0 radical (unpaired) electrons. The molecule has 7 heteroatoms. The maximum Gasteiger partial charge on any atom is 0.250 e. The first-order chi connectivity index (χ1) is 7.99. The van der Waals surface area contributed by atoms with E-state index in [1.165, 1.54) is 11.3 Å². The van der Waals surface area contributed by atoms with E-state index in [1.54, 1.807) is 12.1 Å². The quantitative estimate of drug-likeness (QED) is 0.777. The van der Waals surface area contributed by atoms with Crippen molar-refractivity contribution in [1.29, 1.82) is 0 Å². The first-order valence-electron chi connectivity index (χ1n) is 5.39. The van der Waals surface area contributed by atoms with Crippen molar-refractivity contribution in [3.63, 3.8) is 0 Å². The highest BCUT2D eigenvalue weighted by Gasteiger charge is 2.17. The van der Waals surface area contributed by atoms with Crippen LogP contribution >= 0.6 is 11.3 Å². The van der Waals surface area contributed by atoms with Gasteiger partial charge in [0, 0.05) is 24.6 Å². The fraction of sp³-hybridized carbons (Fsp3) is 0.600. The smallest absolute Gasteiger partial charge is 0.250 e. The van der Waals surface area contributed by atoms with Gasteiger partial charge in [0.25, 0.3) is 0 Å². The molecular weight excluding hydrogens is 260 g/mol. The van der Waals surface area contributed by atoms with Crippen molar-refractivity contribution in [1.82, 2.24) is 4.72 Å². The standard InChI is InChI=1S/C10H18N2O3S2/c1-3-15-8(2)7-12-17(13,14)10-5-4-9(6-11)16-10/h4-5,8,12H,3,6-7,11H2,1-2H3. The van der Waals surface area contributed by atoms with Crippen LogP contribution in [0.5, 0.6) is 0 Å². The third-order valence-electron chi connectivity index (χ3n) is 2.12. The lowest BCUT2D eigenvalue weighted by Crippen LogP contribution is -2.31. The molecule has 1 aromatic heterocycles. The fourth-order valence-electron chi connectivity index (χ4n) is 1.25. The average molecular weight is 278 g/mol. The number of rotatable bonds is 7. The predicted octanol–water partition coefficient (Wildman–Crippen LogP) is 0.910. The van der Waals surface area contributed by atoms with Crippen molar-refractivity contribution in [2.75, 3.05) is 13.2 Å². The normalized spacial score (nSPS) is 13.8. The van der Waals surface area contributed by atoms with Crippen molar-refractivity contribution < 1.29 is 13.2 Å². The van der Waals surface area contributed by atoms with E-state index in [-0.39, 0.29) is 12.6 Å².